The molecule has 0 radical (unpaired) electrons. The summed E-state index contributed by atoms with van der Waals surface area (Å²) in [7, 11) is -3.42. The highest BCUT2D eigenvalue weighted by molar-refractivity contribution is 7.91. The third-order valence-corrected chi connectivity index (χ3v) is 3.56. The van der Waals surface area contributed by atoms with Gasteiger partial charge in [0.15, 0.2) is 9.84 Å². The molecule has 0 fully saturated rings. The number of hydrogen-bond donors (Lipinski definition) is 0. The molecule has 0 aliphatic rings. The first-order chi connectivity index (χ1) is 5.97. The zero-order chi connectivity index (χ0) is 10.1. The number of sulfone groups is 1. The average molecular weight is 202 g/mol. The van der Waals surface area contributed by atoms with Crippen LogP contribution >= 0.6 is 0 Å². The highest BCUT2D eigenvalue weighted by Gasteiger charge is 2.16. The number of benzene rings is 1. The molecule has 1 aromatic rings. The van der Waals surface area contributed by atoms with Crippen molar-refractivity contribution in [1.29, 1.82) is 0 Å². The maximum absolute atomic E-state index is 13.2. The lowest BCUT2D eigenvalue weighted by atomic mass is 10.2. The second-order valence-electron chi connectivity index (χ2n) is 2.84. The van der Waals surface area contributed by atoms with Crippen LogP contribution in [-0.2, 0) is 9.84 Å². The Labute approximate surface area is 77.3 Å². The van der Waals surface area contributed by atoms with E-state index in [2.05, 4.69) is 0 Å². The minimum atomic E-state index is -3.42. The van der Waals surface area contributed by atoms with Crippen molar-refractivity contribution < 1.29 is 12.8 Å². The van der Waals surface area contributed by atoms with Gasteiger partial charge < -0.3 is 0 Å². The third kappa shape index (κ3) is 2.06. The average Bonchev–Trinajstić information content (AvgIpc) is 2.03. The van der Waals surface area contributed by atoms with Gasteiger partial charge in [-0.25, -0.2) is 12.8 Å². The zero-order valence-corrected chi connectivity index (χ0v) is 8.36. The summed E-state index contributed by atoms with van der Waals surface area (Å²) in [6.45, 7) is 3.21. The lowest BCUT2D eigenvalue weighted by Gasteiger charge is -2.02. The van der Waals surface area contributed by atoms with Gasteiger partial charge in [0.05, 0.1) is 5.75 Å². The summed E-state index contributed by atoms with van der Waals surface area (Å²) in [4.78, 5) is -0.208. The van der Waals surface area contributed by atoms with Crippen LogP contribution in [0.2, 0.25) is 0 Å². The minimum absolute atomic E-state index is 0.0764. The van der Waals surface area contributed by atoms with Crippen LogP contribution in [0.5, 0.6) is 0 Å². The van der Waals surface area contributed by atoms with E-state index < -0.39 is 15.7 Å². The molecule has 0 unspecified atom stereocenters. The van der Waals surface area contributed by atoms with Crippen molar-refractivity contribution in [2.24, 2.45) is 0 Å². The van der Waals surface area contributed by atoms with Crippen LogP contribution in [0.4, 0.5) is 4.39 Å². The second kappa shape index (κ2) is 3.46. The fraction of sp³-hybridized carbons (Fsp3) is 0.333. The van der Waals surface area contributed by atoms with Gasteiger partial charge in [0, 0.05) is 0 Å². The van der Waals surface area contributed by atoms with Gasteiger partial charge in [-0.1, -0.05) is 13.0 Å². The van der Waals surface area contributed by atoms with Gasteiger partial charge in [-0.15, -0.1) is 0 Å². The second-order valence-corrected chi connectivity index (χ2v) is 5.08. The van der Waals surface area contributed by atoms with E-state index in [0.29, 0.717) is 5.56 Å². The molecule has 0 aliphatic carbocycles. The Hall–Kier alpha value is -0.900. The van der Waals surface area contributed by atoms with Gasteiger partial charge in [-0.2, -0.15) is 0 Å². The SMILES string of the molecule is CCS(=O)(=O)c1ccc(C)cc1F. The lowest BCUT2D eigenvalue weighted by Crippen LogP contribution is -2.06. The Morgan fingerprint density at radius 2 is 2.00 bits per heavy atom. The minimum Gasteiger partial charge on any atom is -0.224 e. The Morgan fingerprint density at radius 1 is 1.38 bits per heavy atom. The van der Waals surface area contributed by atoms with Crippen molar-refractivity contribution in [2.75, 3.05) is 5.75 Å². The van der Waals surface area contributed by atoms with Gasteiger partial charge in [-0.3, -0.25) is 0 Å². The van der Waals surface area contributed by atoms with Crippen LogP contribution in [-0.4, -0.2) is 14.2 Å². The predicted molar refractivity (Wildman–Crippen MR) is 48.9 cm³/mol. The first-order valence-corrected chi connectivity index (χ1v) is 5.61. The van der Waals surface area contributed by atoms with Crippen molar-refractivity contribution in [3.8, 4) is 0 Å². The van der Waals surface area contributed by atoms with Gasteiger partial charge in [0.2, 0.25) is 0 Å². The largest absolute Gasteiger partial charge is 0.224 e. The Morgan fingerprint density at radius 3 is 2.46 bits per heavy atom. The van der Waals surface area contributed by atoms with E-state index in [1.54, 1.807) is 13.0 Å². The predicted octanol–water partition coefficient (Wildman–Crippen LogP) is 1.93. The fourth-order valence-electron chi connectivity index (χ4n) is 1.01. The summed E-state index contributed by atoms with van der Waals surface area (Å²) < 4.78 is 35.7. The Balaban J connectivity index is 3.33. The molecular weight excluding hydrogens is 191 g/mol. The monoisotopic (exact) mass is 202 g/mol. The highest BCUT2D eigenvalue weighted by Crippen LogP contribution is 2.16. The normalized spacial score (nSPS) is 11.6. The molecular formula is C9H11FO2S. The van der Waals surface area contributed by atoms with Crippen LogP contribution < -0.4 is 0 Å². The molecule has 0 N–H and O–H groups in total. The molecule has 0 bridgehead atoms. The van der Waals surface area contributed by atoms with Crippen molar-refractivity contribution >= 4 is 9.84 Å². The summed E-state index contributed by atoms with van der Waals surface area (Å²) in [5.74, 6) is -0.741. The van der Waals surface area contributed by atoms with Gasteiger partial charge in [-0.05, 0) is 24.6 Å². The molecule has 2 nitrogen and oxygen atoms in total. The molecule has 0 saturated heterocycles. The lowest BCUT2D eigenvalue weighted by molar-refractivity contribution is 0.567. The number of halogens is 1. The van der Waals surface area contributed by atoms with E-state index in [0.717, 1.165) is 0 Å². The van der Waals surface area contributed by atoms with Crippen LogP contribution in [0, 0.1) is 12.7 Å². The van der Waals surface area contributed by atoms with E-state index >= 15 is 0 Å². The number of hydrogen-bond acceptors (Lipinski definition) is 2. The smallest absolute Gasteiger partial charge is 0.180 e. The zero-order valence-electron chi connectivity index (χ0n) is 7.54. The maximum atomic E-state index is 13.2. The van der Waals surface area contributed by atoms with Gasteiger partial charge >= 0.3 is 0 Å². The molecule has 0 atom stereocenters. The topological polar surface area (TPSA) is 34.1 Å². The van der Waals surface area contributed by atoms with Crippen LogP contribution in [0.1, 0.15) is 12.5 Å². The summed E-state index contributed by atoms with van der Waals surface area (Å²) in [6, 6.07) is 4.12. The van der Waals surface area contributed by atoms with Crippen LogP contribution in [0.3, 0.4) is 0 Å². The number of aryl methyl sites for hydroxylation is 1. The molecule has 0 amide bonds. The molecule has 0 saturated carbocycles. The molecule has 13 heavy (non-hydrogen) atoms. The summed E-state index contributed by atoms with van der Waals surface area (Å²) in [6.07, 6.45) is 0. The van der Waals surface area contributed by atoms with Crippen molar-refractivity contribution in [3.63, 3.8) is 0 Å². The summed E-state index contributed by atoms with van der Waals surface area (Å²) in [5.41, 5.74) is 0.715. The molecule has 1 aromatic carbocycles. The van der Waals surface area contributed by atoms with E-state index in [4.69, 9.17) is 0 Å². The third-order valence-electron chi connectivity index (χ3n) is 1.80. The van der Waals surface area contributed by atoms with Crippen LogP contribution in [0.25, 0.3) is 0 Å². The van der Waals surface area contributed by atoms with Crippen molar-refractivity contribution in [1.82, 2.24) is 0 Å². The summed E-state index contributed by atoms with van der Waals surface area (Å²) >= 11 is 0. The van der Waals surface area contributed by atoms with E-state index in [1.165, 1.54) is 19.1 Å². The van der Waals surface area contributed by atoms with E-state index in [1.807, 2.05) is 0 Å². The van der Waals surface area contributed by atoms with Crippen molar-refractivity contribution in [2.45, 2.75) is 18.7 Å². The molecule has 0 spiro atoms. The number of rotatable bonds is 2. The maximum Gasteiger partial charge on any atom is 0.180 e. The highest BCUT2D eigenvalue weighted by atomic mass is 32.2. The van der Waals surface area contributed by atoms with Crippen molar-refractivity contribution in [3.05, 3.63) is 29.6 Å². The van der Waals surface area contributed by atoms with Gasteiger partial charge in [0.1, 0.15) is 10.7 Å². The summed E-state index contributed by atoms with van der Waals surface area (Å²) in [5, 5.41) is 0. The van der Waals surface area contributed by atoms with E-state index in [9.17, 15) is 12.8 Å². The van der Waals surface area contributed by atoms with Crippen LogP contribution in [0.15, 0.2) is 23.1 Å². The Kier molecular flexibility index (Phi) is 2.71. The Bertz CT molecular complexity index is 410. The molecule has 1 rings (SSSR count). The fourth-order valence-corrected chi connectivity index (χ4v) is 1.96. The molecule has 0 aromatic heterocycles. The molecule has 4 heteroatoms. The first-order valence-electron chi connectivity index (χ1n) is 3.96. The molecule has 0 heterocycles. The standard InChI is InChI=1S/C9H11FO2S/c1-3-13(11,12)9-5-4-7(2)6-8(9)10/h4-6H,3H2,1-2H3. The van der Waals surface area contributed by atoms with E-state index in [-0.39, 0.29) is 10.6 Å². The molecule has 0 aliphatic heterocycles. The van der Waals surface area contributed by atoms with Gasteiger partial charge in [0.25, 0.3) is 0 Å². The quantitative estimate of drug-likeness (QED) is 0.734. The first kappa shape index (κ1) is 10.2. The molecule has 72 valence electrons.